The number of hydrogen-bond acceptors (Lipinski definition) is 9. The summed E-state index contributed by atoms with van der Waals surface area (Å²) in [5.74, 6) is 6.04. The standard InChI is InChI=1S/C15H22N8O2S2.C2H6/c16-6-1-7-26-11-4-3-10(9-2-5-12(17)21-8-9)13(15(18)22-23-19)14(11)27(20,24)25;1-2/h2-5,8,23H,1,6-7,16,19H2,(H2,17,21)(H2,18,22)(H2,20,24,25);1-2H3. The number of anilines is 1. The predicted octanol–water partition coefficient (Wildman–Crippen LogP) is 0.529. The van der Waals surface area contributed by atoms with Crippen LogP contribution in [0.3, 0.4) is 0 Å². The predicted molar refractivity (Wildman–Crippen MR) is 119 cm³/mol. The molecule has 0 atom stereocenters. The number of aromatic nitrogens is 1. The van der Waals surface area contributed by atoms with E-state index in [-0.39, 0.29) is 16.3 Å². The average Bonchev–Trinajstić information content (AvgIpc) is 2.69. The van der Waals surface area contributed by atoms with E-state index in [0.717, 1.165) is 0 Å². The Morgan fingerprint density at radius 1 is 1.24 bits per heavy atom. The SMILES string of the molecule is CC.NCCCSc1ccc(-c2ccc(N)nc2)c(/C(N)=N/NN)c1S(N)(=O)=O. The molecule has 0 fully saturated rings. The first-order chi connectivity index (χ1) is 13.8. The minimum absolute atomic E-state index is 0.129. The molecule has 0 aliphatic heterocycles. The zero-order valence-electron chi connectivity index (χ0n) is 16.4. The topological polar surface area (TPSA) is 202 Å². The highest BCUT2D eigenvalue weighted by Crippen LogP contribution is 2.35. The molecule has 0 unspecified atom stereocenters. The second-order valence-corrected chi connectivity index (χ2v) is 8.08. The maximum atomic E-state index is 12.4. The zero-order chi connectivity index (χ0) is 22.0. The number of pyridine rings is 1. The van der Waals surface area contributed by atoms with Gasteiger partial charge in [0.2, 0.25) is 10.0 Å². The van der Waals surface area contributed by atoms with Gasteiger partial charge in [0.25, 0.3) is 0 Å². The van der Waals surface area contributed by atoms with Crippen LogP contribution in [-0.2, 0) is 10.0 Å². The van der Waals surface area contributed by atoms with Gasteiger partial charge in [-0.05, 0) is 42.5 Å². The Kier molecular flexibility index (Phi) is 9.85. The molecule has 0 saturated carbocycles. The van der Waals surface area contributed by atoms with Crippen molar-refractivity contribution in [2.75, 3.05) is 18.0 Å². The summed E-state index contributed by atoms with van der Waals surface area (Å²) in [6.07, 6.45) is 2.22. The lowest BCUT2D eigenvalue weighted by Gasteiger charge is -2.17. The second kappa shape index (κ2) is 11.6. The first-order valence-electron chi connectivity index (χ1n) is 8.83. The largest absolute Gasteiger partial charge is 0.384 e. The fraction of sp³-hybridized carbons (Fsp3) is 0.294. The number of thioether (sulfide) groups is 1. The third-order valence-electron chi connectivity index (χ3n) is 3.55. The van der Waals surface area contributed by atoms with Gasteiger partial charge in [-0.15, -0.1) is 16.9 Å². The highest BCUT2D eigenvalue weighted by molar-refractivity contribution is 8.00. The number of sulfonamides is 1. The second-order valence-electron chi connectivity index (χ2n) is 5.45. The number of hydrogen-bond donors (Lipinski definition) is 6. The van der Waals surface area contributed by atoms with E-state index in [9.17, 15) is 8.42 Å². The first-order valence-corrected chi connectivity index (χ1v) is 11.4. The molecule has 11 N–H and O–H groups in total. The molecule has 0 aliphatic carbocycles. The molecule has 12 heteroatoms. The quantitative estimate of drug-likeness (QED) is 0.0845. The molecular weight excluding hydrogens is 412 g/mol. The summed E-state index contributed by atoms with van der Waals surface area (Å²) in [5.41, 5.74) is 20.4. The van der Waals surface area contributed by atoms with Crippen molar-refractivity contribution in [1.29, 1.82) is 0 Å². The van der Waals surface area contributed by atoms with E-state index in [1.165, 1.54) is 18.0 Å². The van der Waals surface area contributed by atoms with Crippen molar-refractivity contribution < 1.29 is 8.42 Å². The van der Waals surface area contributed by atoms with Crippen LogP contribution in [0.25, 0.3) is 11.1 Å². The maximum Gasteiger partial charge on any atom is 0.239 e. The average molecular weight is 441 g/mol. The Balaban J connectivity index is 0.00000204. The fourth-order valence-electron chi connectivity index (χ4n) is 2.41. The van der Waals surface area contributed by atoms with E-state index in [1.807, 2.05) is 13.8 Å². The summed E-state index contributed by atoms with van der Waals surface area (Å²) in [6, 6.07) is 6.67. The van der Waals surface area contributed by atoms with Crippen molar-refractivity contribution in [1.82, 2.24) is 10.5 Å². The molecule has 2 aromatic rings. The van der Waals surface area contributed by atoms with Gasteiger partial charge in [-0.1, -0.05) is 19.9 Å². The number of hydrazine groups is 1. The van der Waals surface area contributed by atoms with Gasteiger partial charge in [-0.2, -0.15) is 0 Å². The number of nitrogens with one attached hydrogen (secondary N) is 1. The summed E-state index contributed by atoms with van der Waals surface area (Å²) in [7, 11) is -4.13. The highest BCUT2D eigenvalue weighted by atomic mass is 32.2. The number of primary sulfonamides is 1. The van der Waals surface area contributed by atoms with E-state index in [1.54, 1.807) is 24.3 Å². The fourth-order valence-corrected chi connectivity index (χ4v) is 4.71. The van der Waals surface area contributed by atoms with E-state index < -0.39 is 10.0 Å². The monoisotopic (exact) mass is 440 g/mol. The van der Waals surface area contributed by atoms with Gasteiger partial charge in [-0.25, -0.2) is 29.9 Å². The molecule has 2 rings (SSSR count). The lowest BCUT2D eigenvalue weighted by atomic mass is 10.00. The minimum Gasteiger partial charge on any atom is -0.384 e. The Morgan fingerprint density at radius 2 is 1.93 bits per heavy atom. The lowest BCUT2D eigenvalue weighted by Crippen LogP contribution is -2.27. The van der Waals surface area contributed by atoms with Crippen LogP contribution in [0.2, 0.25) is 0 Å². The number of hydrazone groups is 1. The number of amidine groups is 1. The molecule has 0 amide bonds. The summed E-state index contributed by atoms with van der Waals surface area (Å²) in [5, 5.41) is 9.24. The first kappa shape index (κ1) is 24.7. The van der Waals surface area contributed by atoms with E-state index in [2.05, 4.69) is 15.6 Å². The van der Waals surface area contributed by atoms with Gasteiger partial charge < -0.3 is 17.2 Å². The summed E-state index contributed by atoms with van der Waals surface area (Å²) in [4.78, 5) is 4.35. The summed E-state index contributed by atoms with van der Waals surface area (Å²) in [6.45, 7) is 4.49. The number of nitrogens with two attached hydrogens (primary N) is 5. The minimum atomic E-state index is -4.13. The van der Waals surface area contributed by atoms with Gasteiger partial charge in [-0.3, -0.25) is 0 Å². The van der Waals surface area contributed by atoms with Gasteiger partial charge in [0.1, 0.15) is 10.7 Å². The zero-order valence-corrected chi connectivity index (χ0v) is 18.1. The molecule has 10 nitrogen and oxygen atoms in total. The van der Waals surface area contributed by atoms with Crippen molar-refractivity contribution in [3.63, 3.8) is 0 Å². The van der Waals surface area contributed by atoms with Crippen molar-refractivity contribution in [3.05, 3.63) is 36.0 Å². The van der Waals surface area contributed by atoms with Gasteiger partial charge in [0.15, 0.2) is 5.84 Å². The van der Waals surface area contributed by atoms with Crippen molar-refractivity contribution in [2.45, 2.75) is 30.1 Å². The van der Waals surface area contributed by atoms with Crippen molar-refractivity contribution in [3.8, 4) is 11.1 Å². The van der Waals surface area contributed by atoms with E-state index in [0.29, 0.717) is 40.6 Å². The summed E-state index contributed by atoms with van der Waals surface area (Å²) < 4.78 is 24.8. The Morgan fingerprint density at radius 3 is 2.45 bits per heavy atom. The lowest BCUT2D eigenvalue weighted by molar-refractivity contribution is 0.595. The Bertz CT molecular complexity index is 931. The van der Waals surface area contributed by atoms with Crippen molar-refractivity contribution >= 4 is 33.4 Å². The molecule has 160 valence electrons. The molecular formula is C17H28N8O2S2. The van der Waals surface area contributed by atoms with E-state index in [4.69, 9.17) is 28.2 Å². The number of benzene rings is 1. The van der Waals surface area contributed by atoms with Crippen LogP contribution in [0.1, 0.15) is 25.8 Å². The van der Waals surface area contributed by atoms with Crippen LogP contribution in [-0.4, -0.2) is 31.5 Å². The normalized spacial score (nSPS) is 11.6. The van der Waals surface area contributed by atoms with Crippen LogP contribution in [0.4, 0.5) is 5.82 Å². The third kappa shape index (κ3) is 6.58. The van der Waals surface area contributed by atoms with Crippen LogP contribution in [0, 0.1) is 0 Å². The molecule has 0 radical (unpaired) electrons. The molecule has 0 aliphatic rings. The van der Waals surface area contributed by atoms with Gasteiger partial charge in [0.05, 0.1) is 0 Å². The molecule has 1 heterocycles. The van der Waals surface area contributed by atoms with Crippen LogP contribution < -0.4 is 33.7 Å². The molecule has 0 spiro atoms. The molecule has 1 aromatic carbocycles. The van der Waals surface area contributed by atoms with Crippen LogP contribution in [0.15, 0.2) is 45.4 Å². The van der Waals surface area contributed by atoms with Gasteiger partial charge in [0, 0.05) is 22.2 Å². The van der Waals surface area contributed by atoms with Gasteiger partial charge >= 0.3 is 0 Å². The van der Waals surface area contributed by atoms with Crippen molar-refractivity contribution in [2.24, 2.45) is 27.6 Å². The summed E-state index contributed by atoms with van der Waals surface area (Å²) >= 11 is 1.32. The third-order valence-corrected chi connectivity index (χ3v) is 5.82. The van der Waals surface area contributed by atoms with Crippen LogP contribution >= 0.6 is 11.8 Å². The van der Waals surface area contributed by atoms with Crippen LogP contribution in [0.5, 0.6) is 0 Å². The molecule has 29 heavy (non-hydrogen) atoms. The number of rotatable bonds is 8. The Labute approximate surface area is 175 Å². The number of nitrogen functional groups attached to an aromatic ring is 1. The van der Waals surface area contributed by atoms with E-state index >= 15 is 0 Å². The molecule has 1 aromatic heterocycles. The smallest absolute Gasteiger partial charge is 0.239 e. The maximum absolute atomic E-state index is 12.4. The molecule has 0 bridgehead atoms. The Hall–Kier alpha value is -2.38. The highest BCUT2D eigenvalue weighted by Gasteiger charge is 2.25. The number of nitrogens with zero attached hydrogens (tertiary/aromatic N) is 2. The molecule has 0 saturated heterocycles.